The van der Waals surface area contributed by atoms with Crippen LogP contribution in [0.5, 0.6) is 0 Å². The number of nitrogens with zero attached hydrogens (tertiary/aromatic N) is 3. The lowest BCUT2D eigenvalue weighted by Gasteiger charge is -2.14. The van der Waals surface area contributed by atoms with Crippen molar-refractivity contribution in [2.45, 2.75) is 39.7 Å². The molecule has 1 aromatic carbocycles. The van der Waals surface area contributed by atoms with Gasteiger partial charge in [0.05, 0.1) is 0 Å². The van der Waals surface area contributed by atoms with E-state index in [0.29, 0.717) is 12.1 Å². The number of rotatable bonds is 4. The minimum absolute atomic E-state index is 0.260. The Labute approximate surface area is 112 Å². The van der Waals surface area contributed by atoms with E-state index in [1.54, 1.807) is 10.7 Å². The lowest BCUT2D eigenvalue weighted by molar-refractivity contribution is 0.596. The summed E-state index contributed by atoms with van der Waals surface area (Å²) in [6.07, 6.45) is 1.42. The molecule has 0 bridgehead atoms. The van der Waals surface area contributed by atoms with Crippen molar-refractivity contribution in [3.05, 3.63) is 41.2 Å². The van der Waals surface area contributed by atoms with Gasteiger partial charge >= 0.3 is 0 Å². The van der Waals surface area contributed by atoms with Gasteiger partial charge in [0.15, 0.2) is 5.82 Å². The first kappa shape index (κ1) is 13.7. The molecule has 0 radical (unpaired) electrons. The van der Waals surface area contributed by atoms with Gasteiger partial charge < -0.3 is 5.73 Å². The Balaban J connectivity index is 2.67. The van der Waals surface area contributed by atoms with Gasteiger partial charge in [-0.05, 0) is 18.6 Å². The van der Waals surface area contributed by atoms with Crippen LogP contribution in [0.2, 0.25) is 0 Å². The van der Waals surface area contributed by atoms with Crippen LogP contribution in [0.15, 0.2) is 18.2 Å². The van der Waals surface area contributed by atoms with Gasteiger partial charge in [0.25, 0.3) is 0 Å². The van der Waals surface area contributed by atoms with E-state index in [2.05, 4.69) is 10.1 Å². The fourth-order valence-electron chi connectivity index (χ4n) is 2.07. The van der Waals surface area contributed by atoms with Crippen LogP contribution in [-0.2, 0) is 12.8 Å². The van der Waals surface area contributed by atoms with Crippen LogP contribution < -0.4 is 5.73 Å². The Morgan fingerprint density at radius 2 is 2.05 bits per heavy atom. The fourth-order valence-corrected chi connectivity index (χ4v) is 2.07. The van der Waals surface area contributed by atoms with Crippen LogP contribution in [0, 0.1) is 5.82 Å². The molecule has 0 aliphatic heterocycles. The van der Waals surface area contributed by atoms with Gasteiger partial charge in [-0.1, -0.05) is 26.0 Å². The first-order valence-electron chi connectivity index (χ1n) is 6.57. The minimum Gasteiger partial charge on any atom is -0.324 e. The number of benzene rings is 1. The highest BCUT2D eigenvalue weighted by atomic mass is 19.1. The Morgan fingerprint density at radius 3 is 2.63 bits per heavy atom. The molecule has 1 atom stereocenters. The fraction of sp³-hybridized carbons (Fsp3) is 0.429. The number of halogens is 1. The third kappa shape index (κ3) is 2.51. The van der Waals surface area contributed by atoms with E-state index >= 15 is 0 Å². The van der Waals surface area contributed by atoms with Gasteiger partial charge in [0.1, 0.15) is 17.3 Å². The maximum Gasteiger partial charge on any atom is 0.151 e. The highest BCUT2D eigenvalue weighted by Crippen LogP contribution is 2.24. The quantitative estimate of drug-likeness (QED) is 0.921. The molecule has 2 N–H and O–H groups in total. The molecule has 0 saturated heterocycles. The molecule has 4 nitrogen and oxygen atoms in total. The summed E-state index contributed by atoms with van der Waals surface area (Å²) < 4.78 is 15.8. The maximum absolute atomic E-state index is 14.2. The zero-order chi connectivity index (χ0) is 14.0. The van der Waals surface area contributed by atoms with Gasteiger partial charge in [-0.25, -0.2) is 14.1 Å². The molecule has 0 fully saturated rings. The highest BCUT2D eigenvalue weighted by molar-refractivity contribution is 5.44. The summed E-state index contributed by atoms with van der Waals surface area (Å²) in [6, 6.07) is 4.66. The van der Waals surface area contributed by atoms with Crippen LogP contribution in [0.3, 0.4) is 0 Å². The normalized spacial score (nSPS) is 12.7. The van der Waals surface area contributed by atoms with Crippen molar-refractivity contribution in [2.24, 2.45) is 5.73 Å². The smallest absolute Gasteiger partial charge is 0.151 e. The summed E-state index contributed by atoms with van der Waals surface area (Å²) in [7, 11) is 0. The Hall–Kier alpha value is -1.75. The number of aryl methyl sites for hydroxylation is 2. The second-order valence-corrected chi connectivity index (χ2v) is 4.53. The molecule has 1 heterocycles. The third-order valence-corrected chi connectivity index (χ3v) is 3.07. The van der Waals surface area contributed by atoms with Crippen molar-refractivity contribution >= 4 is 0 Å². The van der Waals surface area contributed by atoms with Crippen molar-refractivity contribution in [3.63, 3.8) is 0 Å². The summed E-state index contributed by atoms with van der Waals surface area (Å²) in [4.78, 5) is 4.41. The van der Waals surface area contributed by atoms with E-state index in [0.717, 1.165) is 23.6 Å². The molecule has 2 aromatic rings. The van der Waals surface area contributed by atoms with Crippen molar-refractivity contribution in [2.75, 3.05) is 0 Å². The predicted molar refractivity (Wildman–Crippen MR) is 72.7 cm³/mol. The van der Waals surface area contributed by atoms with Crippen LogP contribution in [-0.4, -0.2) is 14.8 Å². The van der Waals surface area contributed by atoms with Gasteiger partial charge in [-0.3, -0.25) is 0 Å². The van der Waals surface area contributed by atoms with Crippen LogP contribution >= 0.6 is 0 Å². The molecule has 0 aliphatic rings. The van der Waals surface area contributed by atoms with E-state index in [1.165, 1.54) is 6.07 Å². The average Bonchev–Trinajstić information content (AvgIpc) is 2.81. The van der Waals surface area contributed by atoms with Crippen LogP contribution in [0.1, 0.15) is 44.0 Å². The molecule has 5 heteroatoms. The van der Waals surface area contributed by atoms with Gasteiger partial charge in [0.2, 0.25) is 0 Å². The second kappa shape index (κ2) is 5.48. The zero-order valence-corrected chi connectivity index (χ0v) is 11.5. The summed E-state index contributed by atoms with van der Waals surface area (Å²) in [5.74, 6) is 1.15. The summed E-state index contributed by atoms with van der Waals surface area (Å²) >= 11 is 0. The molecule has 19 heavy (non-hydrogen) atoms. The summed E-state index contributed by atoms with van der Waals surface area (Å²) in [6.45, 7) is 5.79. The second-order valence-electron chi connectivity index (χ2n) is 4.53. The van der Waals surface area contributed by atoms with Gasteiger partial charge in [0, 0.05) is 18.9 Å². The number of hydrogen-bond donors (Lipinski definition) is 1. The Kier molecular flexibility index (Phi) is 3.95. The lowest BCUT2D eigenvalue weighted by Crippen LogP contribution is -2.14. The van der Waals surface area contributed by atoms with Crippen molar-refractivity contribution in [1.29, 1.82) is 0 Å². The largest absolute Gasteiger partial charge is 0.324 e. The molecule has 0 spiro atoms. The zero-order valence-electron chi connectivity index (χ0n) is 11.5. The average molecular weight is 262 g/mol. The highest BCUT2D eigenvalue weighted by Gasteiger charge is 2.18. The van der Waals surface area contributed by atoms with Crippen molar-refractivity contribution in [1.82, 2.24) is 14.8 Å². The summed E-state index contributed by atoms with van der Waals surface area (Å²) in [5, 5.41) is 4.38. The Morgan fingerprint density at radius 1 is 1.32 bits per heavy atom. The molecular formula is C14H19FN4. The maximum atomic E-state index is 14.2. The first-order chi connectivity index (χ1) is 9.08. The molecule has 0 aliphatic carbocycles. The molecule has 2 rings (SSSR count). The van der Waals surface area contributed by atoms with E-state index in [9.17, 15) is 4.39 Å². The van der Waals surface area contributed by atoms with E-state index < -0.39 is 0 Å². The SMILES string of the molecule is CCc1nc(CC)n(-c2c(F)cccc2[C@H](C)N)n1. The van der Waals surface area contributed by atoms with Crippen molar-refractivity contribution < 1.29 is 4.39 Å². The van der Waals surface area contributed by atoms with Gasteiger partial charge in [-0.15, -0.1) is 0 Å². The molecular weight excluding hydrogens is 243 g/mol. The molecule has 0 saturated carbocycles. The summed E-state index contributed by atoms with van der Waals surface area (Å²) in [5.41, 5.74) is 7.08. The van der Waals surface area contributed by atoms with Gasteiger partial charge in [-0.2, -0.15) is 5.10 Å². The van der Waals surface area contributed by atoms with E-state index in [-0.39, 0.29) is 11.9 Å². The van der Waals surface area contributed by atoms with E-state index in [4.69, 9.17) is 5.73 Å². The number of hydrogen-bond acceptors (Lipinski definition) is 3. The first-order valence-corrected chi connectivity index (χ1v) is 6.57. The minimum atomic E-state index is -0.322. The van der Waals surface area contributed by atoms with Crippen molar-refractivity contribution in [3.8, 4) is 5.69 Å². The number of nitrogens with two attached hydrogens (primary N) is 1. The van der Waals surface area contributed by atoms with Crippen LogP contribution in [0.25, 0.3) is 5.69 Å². The lowest BCUT2D eigenvalue weighted by atomic mass is 10.1. The molecule has 0 amide bonds. The standard InChI is InChI=1S/C14H19FN4/c1-4-12-17-13(5-2)19(18-12)14-10(9(3)16)7-6-8-11(14)15/h6-9H,4-5,16H2,1-3H3/t9-/m0/s1. The third-order valence-electron chi connectivity index (χ3n) is 3.07. The number of para-hydroxylation sites is 1. The predicted octanol–water partition coefficient (Wildman–Crippen LogP) is 2.55. The van der Waals surface area contributed by atoms with E-state index in [1.807, 2.05) is 26.8 Å². The Bertz CT molecular complexity index is 575. The monoisotopic (exact) mass is 262 g/mol. The van der Waals surface area contributed by atoms with Crippen LogP contribution in [0.4, 0.5) is 4.39 Å². The number of aromatic nitrogens is 3. The molecule has 102 valence electrons. The molecule has 1 aromatic heterocycles. The topological polar surface area (TPSA) is 56.7 Å². The molecule has 0 unspecified atom stereocenters.